The van der Waals surface area contributed by atoms with Crippen LogP contribution < -0.4 is 14.9 Å². The fourth-order valence-electron chi connectivity index (χ4n) is 2.65. The van der Waals surface area contributed by atoms with Crippen molar-refractivity contribution < 1.29 is 14.3 Å². The summed E-state index contributed by atoms with van der Waals surface area (Å²) in [4.78, 5) is 12.3. The van der Waals surface area contributed by atoms with Gasteiger partial charge in [0, 0.05) is 5.56 Å². The van der Waals surface area contributed by atoms with Gasteiger partial charge in [0.1, 0.15) is 18.1 Å². The first-order chi connectivity index (χ1) is 14.0. The van der Waals surface area contributed by atoms with Crippen molar-refractivity contribution in [3.63, 3.8) is 0 Å². The Morgan fingerprint density at radius 1 is 0.862 bits per heavy atom. The van der Waals surface area contributed by atoms with Crippen LogP contribution in [0.5, 0.6) is 11.5 Å². The third kappa shape index (κ3) is 5.69. The highest BCUT2D eigenvalue weighted by molar-refractivity contribution is 6.00. The van der Waals surface area contributed by atoms with Crippen molar-refractivity contribution in [1.82, 2.24) is 5.43 Å². The average molecular weight is 388 g/mol. The number of methoxy groups -OCH3 is 1. The monoisotopic (exact) mass is 388 g/mol. The molecule has 0 unspecified atom stereocenters. The van der Waals surface area contributed by atoms with Gasteiger partial charge in [-0.2, -0.15) is 5.10 Å². The Balaban J connectivity index is 1.55. The lowest BCUT2D eigenvalue weighted by Crippen LogP contribution is -2.19. The van der Waals surface area contributed by atoms with Gasteiger partial charge < -0.3 is 9.47 Å². The number of rotatable bonds is 7. The molecule has 0 spiro atoms. The van der Waals surface area contributed by atoms with Gasteiger partial charge in [-0.1, -0.05) is 29.8 Å². The SMILES string of the molecule is COc1ccc(/C(C)=N/NC(=O)c2ccc(OCc3ccc(C)cc3)cc2)cc1. The standard InChI is InChI=1S/C24H24N2O3/c1-17-4-6-19(7-5-17)16-29-23-14-10-21(11-15-23)24(27)26-25-18(2)20-8-12-22(28-3)13-9-20/h4-15H,16H2,1-3H3,(H,26,27)/b25-18+. The molecule has 148 valence electrons. The lowest BCUT2D eigenvalue weighted by molar-refractivity contribution is 0.0955. The number of amides is 1. The molecule has 0 fully saturated rings. The lowest BCUT2D eigenvalue weighted by Gasteiger charge is -2.08. The number of hydrogen-bond donors (Lipinski definition) is 1. The summed E-state index contributed by atoms with van der Waals surface area (Å²) < 4.78 is 10.9. The summed E-state index contributed by atoms with van der Waals surface area (Å²) in [7, 11) is 1.62. The summed E-state index contributed by atoms with van der Waals surface area (Å²) in [5, 5.41) is 4.18. The predicted octanol–water partition coefficient (Wildman–Crippen LogP) is 4.74. The molecule has 3 aromatic carbocycles. The molecule has 0 aliphatic rings. The number of benzene rings is 3. The van der Waals surface area contributed by atoms with Crippen LogP contribution in [0.1, 0.15) is 34.0 Å². The van der Waals surface area contributed by atoms with E-state index in [1.54, 1.807) is 31.4 Å². The van der Waals surface area contributed by atoms with E-state index in [4.69, 9.17) is 9.47 Å². The number of carbonyl (C=O) groups is 1. The van der Waals surface area contributed by atoms with Gasteiger partial charge in [0.05, 0.1) is 12.8 Å². The third-order valence-corrected chi connectivity index (χ3v) is 4.48. The molecule has 5 nitrogen and oxygen atoms in total. The molecule has 0 saturated carbocycles. The van der Waals surface area contributed by atoms with Gasteiger partial charge in [-0.15, -0.1) is 0 Å². The summed E-state index contributed by atoms with van der Waals surface area (Å²) in [6.07, 6.45) is 0. The van der Waals surface area contributed by atoms with E-state index in [9.17, 15) is 4.79 Å². The number of hydrogen-bond acceptors (Lipinski definition) is 4. The molecule has 3 rings (SSSR count). The minimum absolute atomic E-state index is 0.275. The molecule has 0 atom stereocenters. The van der Waals surface area contributed by atoms with E-state index >= 15 is 0 Å². The van der Waals surface area contributed by atoms with Crippen molar-refractivity contribution in [3.8, 4) is 11.5 Å². The Labute approximate surface area is 171 Å². The van der Waals surface area contributed by atoms with Crippen LogP contribution in [0.3, 0.4) is 0 Å². The second kappa shape index (κ2) is 9.55. The third-order valence-electron chi connectivity index (χ3n) is 4.48. The Morgan fingerprint density at radius 3 is 2.07 bits per heavy atom. The van der Waals surface area contributed by atoms with E-state index in [0.29, 0.717) is 23.6 Å². The van der Waals surface area contributed by atoms with Crippen LogP contribution >= 0.6 is 0 Å². The van der Waals surface area contributed by atoms with E-state index in [0.717, 1.165) is 16.9 Å². The first-order valence-electron chi connectivity index (χ1n) is 9.32. The van der Waals surface area contributed by atoms with Crippen LogP contribution in [0, 0.1) is 6.92 Å². The highest BCUT2D eigenvalue weighted by Gasteiger charge is 2.06. The highest BCUT2D eigenvalue weighted by atomic mass is 16.5. The van der Waals surface area contributed by atoms with Gasteiger partial charge in [0.25, 0.3) is 5.91 Å². The average Bonchev–Trinajstić information content (AvgIpc) is 2.77. The van der Waals surface area contributed by atoms with E-state index in [2.05, 4.69) is 29.6 Å². The van der Waals surface area contributed by atoms with Crippen molar-refractivity contribution >= 4 is 11.6 Å². The summed E-state index contributed by atoms with van der Waals surface area (Å²) in [5.41, 5.74) is 7.03. The maximum Gasteiger partial charge on any atom is 0.271 e. The summed E-state index contributed by atoms with van der Waals surface area (Å²) in [5.74, 6) is 1.21. The highest BCUT2D eigenvalue weighted by Crippen LogP contribution is 2.15. The number of ether oxygens (including phenoxy) is 2. The maximum absolute atomic E-state index is 12.3. The molecule has 29 heavy (non-hydrogen) atoms. The molecule has 5 heteroatoms. The van der Waals surface area contributed by atoms with Crippen molar-refractivity contribution in [2.24, 2.45) is 5.10 Å². The topological polar surface area (TPSA) is 59.9 Å². The smallest absolute Gasteiger partial charge is 0.271 e. The normalized spacial score (nSPS) is 11.1. The Kier molecular flexibility index (Phi) is 6.63. The zero-order valence-electron chi connectivity index (χ0n) is 16.8. The van der Waals surface area contributed by atoms with Gasteiger partial charge in [0.2, 0.25) is 0 Å². The molecule has 3 aromatic rings. The molecule has 0 radical (unpaired) electrons. The summed E-state index contributed by atoms with van der Waals surface area (Å²) in [6.45, 7) is 4.37. The first kappa shape index (κ1) is 20.1. The number of nitrogens with one attached hydrogen (secondary N) is 1. The Bertz CT molecular complexity index is 976. The van der Waals surface area contributed by atoms with Crippen LogP contribution in [0.25, 0.3) is 0 Å². The molecule has 0 heterocycles. The molecule has 0 bridgehead atoms. The van der Waals surface area contributed by atoms with Crippen LogP contribution in [0.2, 0.25) is 0 Å². The zero-order valence-corrected chi connectivity index (χ0v) is 16.8. The Morgan fingerprint density at radius 2 is 1.45 bits per heavy atom. The fourth-order valence-corrected chi connectivity index (χ4v) is 2.65. The van der Waals surface area contributed by atoms with Crippen LogP contribution in [-0.2, 0) is 6.61 Å². The van der Waals surface area contributed by atoms with E-state index in [-0.39, 0.29) is 5.91 Å². The minimum Gasteiger partial charge on any atom is -0.497 e. The Hall–Kier alpha value is -3.60. The molecule has 0 aromatic heterocycles. The number of aryl methyl sites for hydroxylation is 1. The molecular weight excluding hydrogens is 364 g/mol. The first-order valence-corrected chi connectivity index (χ1v) is 9.32. The van der Waals surface area contributed by atoms with Crippen molar-refractivity contribution in [3.05, 3.63) is 95.1 Å². The zero-order chi connectivity index (χ0) is 20.6. The predicted molar refractivity (Wildman–Crippen MR) is 115 cm³/mol. The molecule has 1 N–H and O–H groups in total. The second-order valence-electron chi connectivity index (χ2n) is 6.67. The van der Waals surface area contributed by atoms with E-state index < -0.39 is 0 Å². The largest absolute Gasteiger partial charge is 0.497 e. The van der Waals surface area contributed by atoms with Gasteiger partial charge in [0.15, 0.2) is 0 Å². The number of carbonyl (C=O) groups excluding carboxylic acids is 1. The quantitative estimate of drug-likeness (QED) is 0.470. The van der Waals surface area contributed by atoms with Gasteiger partial charge in [-0.3, -0.25) is 4.79 Å². The number of nitrogens with zero attached hydrogens (tertiary/aromatic N) is 1. The molecule has 0 saturated heterocycles. The van der Waals surface area contributed by atoms with Gasteiger partial charge in [-0.05, 0) is 73.5 Å². The second-order valence-corrected chi connectivity index (χ2v) is 6.67. The maximum atomic E-state index is 12.3. The van der Waals surface area contributed by atoms with Crippen molar-refractivity contribution in [1.29, 1.82) is 0 Å². The summed E-state index contributed by atoms with van der Waals surface area (Å²) in [6, 6.07) is 22.7. The van der Waals surface area contributed by atoms with Crippen LogP contribution in [0.4, 0.5) is 0 Å². The van der Waals surface area contributed by atoms with Crippen LogP contribution in [-0.4, -0.2) is 18.7 Å². The summed E-state index contributed by atoms with van der Waals surface area (Å²) >= 11 is 0. The number of hydrazone groups is 1. The lowest BCUT2D eigenvalue weighted by atomic mass is 10.1. The fraction of sp³-hybridized carbons (Fsp3) is 0.167. The molecule has 1 amide bonds. The molecular formula is C24H24N2O3. The van der Waals surface area contributed by atoms with Gasteiger partial charge >= 0.3 is 0 Å². The minimum atomic E-state index is -0.275. The van der Waals surface area contributed by atoms with E-state index in [1.807, 2.05) is 43.3 Å². The van der Waals surface area contributed by atoms with Crippen molar-refractivity contribution in [2.75, 3.05) is 7.11 Å². The van der Waals surface area contributed by atoms with E-state index in [1.165, 1.54) is 5.56 Å². The van der Waals surface area contributed by atoms with Gasteiger partial charge in [-0.25, -0.2) is 5.43 Å². The van der Waals surface area contributed by atoms with Crippen LogP contribution in [0.15, 0.2) is 77.9 Å². The molecule has 0 aliphatic heterocycles. The molecule has 0 aliphatic carbocycles. The van der Waals surface area contributed by atoms with Crippen molar-refractivity contribution in [2.45, 2.75) is 20.5 Å².